The molecule has 0 bridgehead atoms. The Bertz CT molecular complexity index is 568. The van der Waals surface area contributed by atoms with Gasteiger partial charge < -0.3 is 11.1 Å². The fraction of sp³-hybridized carbons (Fsp3) is 0.400. The van der Waals surface area contributed by atoms with E-state index < -0.39 is 0 Å². The third-order valence-corrected chi connectivity index (χ3v) is 4.64. The summed E-state index contributed by atoms with van der Waals surface area (Å²) in [6.45, 7) is 7.66. The number of benzene rings is 1. The van der Waals surface area contributed by atoms with Crippen molar-refractivity contribution in [3.63, 3.8) is 0 Å². The van der Waals surface area contributed by atoms with Crippen LogP contribution in [-0.2, 0) is 6.54 Å². The molecule has 20 heavy (non-hydrogen) atoms. The fourth-order valence-electron chi connectivity index (χ4n) is 2.24. The van der Waals surface area contributed by atoms with Crippen molar-refractivity contribution >= 4 is 21.6 Å². The zero-order chi connectivity index (χ0) is 14.7. The second kappa shape index (κ2) is 6.41. The summed E-state index contributed by atoms with van der Waals surface area (Å²) in [6.07, 6.45) is 3.93. The Hall–Kier alpha value is -1.33. The lowest BCUT2D eigenvalue weighted by atomic mass is 10.1. The second-order valence-electron chi connectivity index (χ2n) is 4.99. The Kier molecular flexibility index (Phi) is 4.83. The summed E-state index contributed by atoms with van der Waals surface area (Å²) < 4.78 is 3.07. The average Bonchev–Trinajstić information content (AvgIpc) is 2.90. The van der Waals surface area contributed by atoms with Crippen molar-refractivity contribution < 1.29 is 0 Å². The van der Waals surface area contributed by atoms with Gasteiger partial charge in [0.2, 0.25) is 0 Å². The molecule has 4 nitrogen and oxygen atoms in total. The van der Waals surface area contributed by atoms with Gasteiger partial charge in [-0.1, -0.05) is 15.9 Å². The van der Waals surface area contributed by atoms with Gasteiger partial charge in [0, 0.05) is 35.0 Å². The number of halogens is 1. The van der Waals surface area contributed by atoms with Crippen molar-refractivity contribution in [1.29, 1.82) is 0 Å². The Balaban J connectivity index is 2.22. The van der Waals surface area contributed by atoms with Crippen molar-refractivity contribution in [3.05, 3.63) is 45.7 Å². The van der Waals surface area contributed by atoms with Crippen LogP contribution in [0, 0.1) is 13.8 Å². The quantitative estimate of drug-likeness (QED) is 0.879. The lowest BCUT2D eigenvalue weighted by Gasteiger charge is -2.18. The number of hydrogen-bond acceptors (Lipinski definition) is 3. The zero-order valence-corrected chi connectivity index (χ0v) is 13.7. The minimum absolute atomic E-state index is 0.0790. The normalized spacial score (nSPS) is 12.4. The molecule has 0 radical (unpaired) electrons. The molecule has 2 aromatic rings. The van der Waals surface area contributed by atoms with Gasteiger partial charge in [0.1, 0.15) is 0 Å². The van der Waals surface area contributed by atoms with Gasteiger partial charge >= 0.3 is 0 Å². The first-order valence-electron chi connectivity index (χ1n) is 6.80. The molecule has 108 valence electrons. The molecule has 0 amide bonds. The average molecular weight is 337 g/mol. The maximum Gasteiger partial charge on any atom is 0.0667 e. The molecule has 0 saturated heterocycles. The lowest BCUT2D eigenvalue weighted by molar-refractivity contribution is 0.658. The van der Waals surface area contributed by atoms with E-state index in [2.05, 4.69) is 59.2 Å². The van der Waals surface area contributed by atoms with Crippen molar-refractivity contribution in [3.8, 4) is 0 Å². The van der Waals surface area contributed by atoms with Crippen LogP contribution in [0.1, 0.15) is 29.7 Å². The van der Waals surface area contributed by atoms with Crippen LogP contribution in [0.4, 0.5) is 5.69 Å². The second-order valence-corrected chi connectivity index (χ2v) is 5.78. The summed E-state index contributed by atoms with van der Waals surface area (Å²) in [4.78, 5) is 0. The highest BCUT2D eigenvalue weighted by Crippen LogP contribution is 2.27. The van der Waals surface area contributed by atoms with Crippen LogP contribution >= 0.6 is 15.9 Å². The van der Waals surface area contributed by atoms with Gasteiger partial charge in [-0.05, 0) is 44.0 Å². The maximum atomic E-state index is 5.90. The number of hydrogen-bond donors (Lipinski definition) is 2. The van der Waals surface area contributed by atoms with Crippen LogP contribution in [0.3, 0.4) is 0 Å². The predicted molar refractivity (Wildman–Crippen MR) is 86.9 cm³/mol. The number of anilines is 1. The molecule has 1 heterocycles. The van der Waals surface area contributed by atoms with Gasteiger partial charge in [0.25, 0.3) is 0 Å². The minimum Gasteiger partial charge on any atom is -0.377 e. The van der Waals surface area contributed by atoms with E-state index in [9.17, 15) is 0 Å². The highest BCUT2D eigenvalue weighted by Gasteiger charge is 2.12. The third-order valence-electron chi connectivity index (χ3n) is 3.39. The Morgan fingerprint density at radius 1 is 1.35 bits per heavy atom. The van der Waals surface area contributed by atoms with Gasteiger partial charge in [-0.15, -0.1) is 0 Å². The molecule has 5 heteroatoms. The van der Waals surface area contributed by atoms with E-state index in [4.69, 9.17) is 5.73 Å². The summed E-state index contributed by atoms with van der Waals surface area (Å²) in [6, 6.07) is 4.34. The first-order valence-corrected chi connectivity index (χ1v) is 7.60. The third kappa shape index (κ3) is 3.22. The molecule has 0 fully saturated rings. The van der Waals surface area contributed by atoms with Gasteiger partial charge in [0.05, 0.1) is 12.2 Å². The van der Waals surface area contributed by atoms with Crippen LogP contribution in [0.2, 0.25) is 0 Å². The topological polar surface area (TPSA) is 55.9 Å². The van der Waals surface area contributed by atoms with E-state index >= 15 is 0 Å². The minimum atomic E-state index is 0.0790. The van der Waals surface area contributed by atoms with Gasteiger partial charge in [-0.25, -0.2) is 0 Å². The van der Waals surface area contributed by atoms with E-state index in [0.29, 0.717) is 6.54 Å². The van der Waals surface area contributed by atoms with Crippen molar-refractivity contribution in [2.75, 3.05) is 11.9 Å². The van der Waals surface area contributed by atoms with Crippen molar-refractivity contribution in [2.45, 2.75) is 33.4 Å². The molecular weight excluding hydrogens is 316 g/mol. The molecule has 0 aliphatic rings. The van der Waals surface area contributed by atoms with Gasteiger partial charge in [-0.3, -0.25) is 4.68 Å². The SMILES string of the molecule is CCn1cc(C(CN)Nc2cc(C)c(Br)c(C)c2)cn1. The number of nitrogens with one attached hydrogen (secondary N) is 1. The molecule has 0 saturated carbocycles. The number of nitrogens with two attached hydrogens (primary N) is 1. The van der Waals surface area contributed by atoms with Crippen LogP contribution in [0.25, 0.3) is 0 Å². The smallest absolute Gasteiger partial charge is 0.0667 e. The number of aryl methyl sites for hydroxylation is 3. The Morgan fingerprint density at radius 3 is 2.50 bits per heavy atom. The van der Waals surface area contributed by atoms with Crippen LogP contribution in [0.5, 0.6) is 0 Å². The fourth-order valence-corrected chi connectivity index (χ4v) is 2.47. The maximum absolute atomic E-state index is 5.90. The highest BCUT2D eigenvalue weighted by atomic mass is 79.9. The van der Waals surface area contributed by atoms with Gasteiger partial charge in [0.15, 0.2) is 0 Å². The van der Waals surface area contributed by atoms with Crippen LogP contribution in [-0.4, -0.2) is 16.3 Å². The standard InChI is InChI=1S/C15H21BrN4/c1-4-20-9-12(8-18-20)14(7-17)19-13-5-10(2)15(16)11(3)6-13/h5-6,8-9,14,19H,4,7,17H2,1-3H3. The first-order chi connectivity index (χ1) is 9.55. The van der Waals surface area contributed by atoms with E-state index in [1.54, 1.807) is 0 Å². The summed E-state index contributed by atoms with van der Waals surface area (Å²) in [7, 11) is 0. The number of rotatable bonds is 5. The summed E-state index contributed by atoms with van der Waals surface area (Å²) >= 11 is 3.59. The molecule has 0 aliphatic heterocycles. The molecule has 1 aromatic heterocycles. The zero-order valence-electron chi connectivity index (χ0n) is 12.2. The molecule has 2 rings (SSSR count). The monoisotopic (exact) mass is 336 g/mol. The molecule has 1 atom stereocenters. The molecule has 0 aliphatic carbocycles. The van der Waals surface area contributed by atoms with E-state index in [1.807, 2.05) is 17.1 Å². The van der Waals surface area contributed by atoms with E-state index in [1.165, 1.54) is 11.1 Å². The van der Waals surface area contributed by atoms with E-state index in [-0.39, 0.29) is 6.04 Å². The number of aromatic nitrogens is 2. The van der Waals surface area contributed by atoms with Gasteiger partial charge in [-0.2, -0.15) is 5.10 Å². The molecule has 0 spiro atoms. The summed E-state index contributed by atoms with van der Waals surface area (Å²) in [5.41, 5.74) is 10.5. The summed E-state index contributed by atoms with van der Waals surface area (Å²) in [5.74, 6) is 0. The molecule has 1 unspecified atom stereocenters. The number of nitrogens with zero attached hydrogens (tertiary/aromatic N) is 2. The molecule has 3 N–H and O–H groups in total. The Morgan fingerprint density at radius 2 is 2.00 bits per heavy atom. The predicted octanol–water partition coefficient (Wildman–Crippen LogP) is 3.39. The van der Waals surface area contributed by atoms with Crippen LogP contribution in [0.15, 0.2) is 29.0 Å². The first kappa shape index (κ1) is 15.1. The van der Waals surface area contributed by atoms with Crippen molar-refractivity contribution in [1.82, 2.24) is 9.78 Å². The lowest BCUT2D eigenvalue weighted by Crippen LogP contribution is -2.20. The van der Waals surface area contributed by atoms with Crippen LogP contribution < -0.4 is 11.1 Å². The molecular formula is C15H21BrN4. The summed E-state index contributed by atoms with van der Waals surface area (Å²) in [5, 5.41) is 7.80. The van der Waals surface area contributed by atoms with E-state index in [0.717, 1.165) is 22.3 Å². The molecule has 1 aromatic carbocycles. The Labute approximate surface area is 128 Å². The largest absolute Gasteiger partial charge is 0.377 e. The van der Waals surface area contributed by atoms with Crippen molar-refractivity contribution in [2.24, 2.45) is 5.73 Å². The highest BCUT2D eigenvalue weighted by molar-refractivity contribution is 9.10.